The zero-order valence-corrected chi connectivity index (χ0v) is 10.1. The van der Waals surface area contributed by atoms with Gasteiger partial charge in [0.05, 0.1) is 0 Å². The van der Waals surface area contributed by atoms with E-state index in [-0.39, 0.29) is 0 Å². The third kappa shape index (κ3) is 2.56. The zero-order chi connectivity index (χ0) is 11.4. The molecule has 1 aromatic carbocycles. The molecule has 4 nitrogen and oxygen atoms in total. The van der Waals surface area contributed by atoms with Crippen LogP contribution in [0.5, 0.6) is 0 Å². The lowest BCUT2D eigenvalue weighted by Gasteiger charge is -2.06. The molecule has 6 N–H and O–H groups in total. The molecule has 15 heavy (non-hydrogen) atoms. The molecule has 0 spiro atoms. The second-order valence-corrected chi connectivity index (χ2v) is 3.96. The van der Waals surface area contributed by atoms with E-state index in [0.29, 0.717) is 20.5 Å². The molecule has 0 amide bonds. The van der Waals surface area contributed by atoms with E-state index < -0.39 is 0 Å². The van der Waals surface area contributed by atoms with Crippen molar-refractivity contribution >= 4 is 43.8 Å². The van der Waals surface area contributed by atoms with Crippen LogP contribution in [0.4, 0.5) is 5.69 Å². The first-order valence-corrected chi connectivity index (χ1v) is 5.24. The first kappa shape index (κ1) is 11.7. The summed E-state index contributed by atoms with van der Waals surface area (Å²) in [7, 11) is 0. The number of anilines is 1. The summed E-state index contributed by atoms with van der Waals surface area (Å²) in [6.07, 6.45) is 2.53. The van der Waals surface area contributed by atoms with E-state index in [2.05, 4.69) is 0 Å². The van der Waals surface area contributed by atoms with Crippen molar-refractivity contribution in [2.45, 2.75) is 0 Å². The summed E-state index contributed by atoms with van der Waals surface area (Å²) >= 11 is 1.90. The van der Waals surface area contributed by atoms with Crippen molar-refractivity contribution in [3.05, 3.63) is 35.5 Å². The summed E-state index contributed by atoms with van der Waals surface area (Å²) in [4.78, 5) is 0. The van der Waals surface area contributed by atoms with Crippen molar-refractivity contribution in [1.82, 2.24) is 0 Å². The number of nitrogens with two attached hydrogens (primary N) is 2. The Morgan fingerprint density at radius 1 is 1.40 bits per heavy atom. The summed E-state index contributed by atoms with van der Waals surface area (Å²) in [6, 6.07) is 5.27. The number of benzene rings is 1. The molecule has 0 atom stereocenters. The lowest BCUT2D eigenvalue weighted by atomic mass is 10.0. The van der Waals surface area contributed by atoms with Crippen molar-refractivity contribution in [2.75, 3.05) is 5.73 Å². The van der Waals surface area contributed by atoms with Gasteiger partial charge in [-0.1, -0.05) is 6.07 Å². The van der Waals surface area contributed by atoms with Gasteiger partial charge in [0, 0.05) is 29.2 Å². The maximum Gasteiger partial charge on any atom is 0.101 e. The molecule has 0 aliphatic rings. The van der Waals surface area contributed by atoms with Gasteiger partial charge in [-0.25, -0.2) is 0 Å². The lowest BCUT2D eigenvalue weighted by molar-refractivity contribution is 1.51. The van der Waals surface area contributed by atoms with E-state index >= 15 is 0 Å². The maximum atomic E-state index is 7.47. The van der Waals surface area contributed by atoms with Crippen LogP contribution in [0.1, 0.15) is 11.1 Å². The van der Waals surface area contributed by atoms with Crippen molar-refractivity contribution in [1.29, 1.82) is 10.8 Å². The van der Waals surface area contributed by atoms with Crippen LogP contribution in [0.3, 0.4) is 0 Å². The van der Waals surface area contributed by atoms with Crippen molar-refractivity contribution in [3.63, 3.8) is 0 Å². The summed E-state index contributed by atoms with van der Waals surface area (Å²) in [6.45, 7) is 0. The molecule has 78 valence electrons. The number of hydrogen-bond donors (Lipinski definition) is 4. The van der Waals surface area contributed by atoms with Crippen LogP contribution in [0.25, 0.3) is 5.57 Å². The maximum absolute atomic E-state index is 7.47. The predicted octanol–water partition coefficient (Wildman–Crippen LogP) is 1.98. The molecule has 0 saturated carbocycles. The minimum Gasteiger partial charge on any atom is -0.404 e. The molecule has 5 heteroatoms. The first-order chi connectivity index (χ1) is 7.10. The summed E-state index contributed by atoms with van der Waals surface area (Å²) in [5.74, 6) is 0. The fourth-order valence-corrected chi connectivity index (χ4v) is 1.66. The van der Waals surface area contributed by atoms with Crippen LogP contribution in [0.15, 0.2) is 24.4 Å². The highest BCUT2D eigenvalue weighted by Crippen LogP contribution is 2.21. The van der Waals surface area contributed by atoms with Gasteiger partial charge < -0.3 is 16.9 Å². The van der Waals surface area contributed by atoms with E-state index in [0.717, 1.165) is 5.56 Å². The number of hydrogen-bond acceptors (Lipinski definition) is 4. The summed E-state index contributed by atoms with van der Waals surface area (Å²) < 4.78 is 0.393. The second-order valence-electron chi connectivity index (χ2n) is 2.88. The Kier molecular flexibility index (Phi) is 3.84. The molecule has 0 radical (unpaired) electrons. The SMILES string of the molecule is N=C/C(=C\N)c1ccc(C(=N)I)c(N)c1. The molecule has 0 aromatic heterocycles. The molecular formula is C10H11IN4. The average molecular weight is 314 g/mol. The summed E-state index contributed by atoms with van der Waals surface area (Å²) in [5.41, 5.74) is 13.8. The second kappa shape index (κ2) is 4.92. The Balaban J connectivity index is 3.23. The van der Waals surface area contributed by atoms with E-state index in [4.69, 9.17) is 22.3 Å². The Labute approximate surface area is 102 Å². The quantitative estimate of drug-likeness (QED) is 0.390. The van der Waals surface area contributed by atoms with Gasteiger partial charge in [0.15, 0.2) is 0 Å². The fraction of sp³-hybridized carbons (Fsp3) is 0. The van der Waals surface area contributed by atoms with Gasteiger partial charge in [-0.2, -0.15) is 0 Å². The van der Waals surface area contributed by atoms with Crippen LogP contribution in [-0.2, 0) is 0 Å². The van der Waals surface area contributed by atoms with Gasteiger partial charge in [-0.05, 0) is 40.3 Å². The third-order valence-corrected chi connectivity index (χ3v) is 2.54. The number of allylic oxidation sites excluding steroid dienone is 1. The Bertz CT molecular complexity index is 437. The standard InChI is InChI=1S/C10H11IN4/c11-10(15)8-2-1-6(3-9(8)14)7(4-12)5-13/h1-5,12,15H,13-14H2/b7-5+,12-4?,15-10?. The minimum atomic E-state index is 0.393. The molecular weight excluding hydrogens is 303 g/mol. The Morgan fingerprint density at radius 3 is 2.47 bits per heavy atom. The zero-order valence-electron chi connectivity index (χ0n) is 7.92. The smallest absolute Gasteiger partial charge is 0.101 e. The highest BCUT2D eigenvalue weighted by atomic mass is 127. The monoisotopic (exact) mass is 314 g/mol. The number of rotatable bonds is 3. The first-order valence-electron chi connectivity index (χ1n) is 4.17. The largest absolute Gasteiger partial charge is 0.404 e. The number of nitrogen functional groups attached to an aromatic ring is 1. The molecule has 0 unspecified atom stereocenters. The molecule has 0 aliphatic carbocycles. The normalized spacial score (nSPS) is 11.1. The van der Waals surface area contributed by atoms with E-state index in [9.17, 15) is 0 Å². The minimum absolute atomic E-state index is 0.393. The van der Waals surface area contributed by atoms with Crippen LogP contribution in [0.2, 0.25) is 0 Å². The van der Waals surface area contributed by atoms with Gasteiger partial charge in [0.2, 0.25) is 0 Å². The van der Waals surface area contributed by atoms with E-state index in [1.165, 1.54) is 12.4 Å². The van der Waals surface area contributed by atoms with Crippen molar-refractivity contribution < 1.29 is 0 Å². The molecule has 0 heterocycles. The van der Waals surface area contributed by atoms with E-state index in [1.807, 2.05) is 22.6 Å². The van der Waals surface area contributed by atoms with Crippen molar-refractivity contribution in [2.24, 2.45) is 5.73 Å². The van der Waals surface area contributed by atoms with Crippen molar-refractivity contribution in [3.8, 4) is 0 Å². The Morgan fingerprint density at radius 2 is 2.07 bits per heavy atom. The number of halogens is 1. The Hall–Kier alpha value is -1.37. The molecule has 1 rings (SSSR count). The van der Waals surface area contributed by atoms with Gasteiger partial charge in [0.1, 0.15) is 3.72 Å². The topological polar surface area (TPSA) is 99.7 Å². The van der Waals surface area contributed by atoms with Gasteiger partial charge in [-0.3, -0.25) is 5.41 Å². The van der Waals surface area contributed by atoms with Gasteiger partial charge in [0.25, 0.3) is 0 Å². The summed E-state index contributed by atoms with van der Waals surface area (Å²) in [5, 5.41) is 14.6. The van der Waals surface area contributed by atoms with Crippen LogP contribution in [0, 0.1) is 10.8 Å². The van der Waals surface area contributed by atoms with Crippen LogP contribution in [-0.4, -0.2) is 9.93 Å². The van der Waals surface area contributed by atoms with Crippen LogP contribution >= 0.6 is 22.6 Å². The fourth-order valence-electron chi connectivity index (χ4n) is 1.17. The molecule has 0 bridgehead atoms. The number of nitrogens with one attached hydrogen (secondary N) is 2. The highest BCUT2D eigenvalue weighted by molar-refractivity contribution is 14.1. The molecule has 0 fully saturated rings. The molecule has 0 aliphatic heterocycles. The van der Waals surface area contributed by atoms with Gasteiger partial charge in [-0.15, -0.1) is 0 Å². The van der Waals surface area contributed by atoms with Gasteiger partial charge >= 0.3 is 0 Å². The molecule has 0 saturated heterocycles. The lowest BCUT2D eigenvalue weighted by Crippen LogP contribution is -1.99. The third-order valence-electron chi connectivity index (χ3n) is 1.96. The predicted molar refractivity (Wildman–Crippen MR) is 72.7 cm³/mol. The molecule has 1 aromatic rings. The van der Waals surface area contributed by atoms with Crippen LogP contribution < -0.4 is 11.5 Å². The average Bonchev–Trinajstić information content (AvgIpc) is 2.19. The highest BCUT2D eigenvalue weighted by Gasteiger charge is 2.05. The van der Waals surface area contributed by atoms with E-state index in [1.54, 1.807) is 18.2 Å².